The van der Waals surface area contributed by atoms with Crippen molar-refractivity contribution < 1.29 is 8.78 Å². The number of benzene rings is 6. The van der Waals surface area contributed by atoms with Crippen molar-refractivity contribution in [1.82, 2.24) is 9.13 Å². The third-order valence-corrected chi connectivity index (χ3v) is 11.9. The van der Waals surface area contributed by atoms with E-state index in [1.807, 2.05) is 0 Å². The van der Waals surface area contributed by atoms with E-state index in [1.54, 1.807) is 12.1 Å². The topological polar surface area (TPSA) is 33.6 Å². The number of hydrogen-bond donors (Lipinski definition) is 0. The summed E-state index contributed by atoms with van der Waals surface area (Å²) in [5, 5.41) is 15.0. The Morgan fingerprint density at radius 1 is 0.414 bits per heavy atom. The summed E-state index contributed by atoms with van der Waals surface area (Å²) in [6, 6.07) is 36.2. The lowest BCUT2D eigenvalue weighted by molar-refractivity contribution is 0.589. The van der Waals surface area contributed by atoms with Crippen LogP contribution >= 0.6 is 0 Å². The van der Waals surface area contributed by atoms with Gasteiger partial charge in [-0.2, -0.15) is 5.26 Å². The molecule has 58 heavy (non-hydrogen) atoms. The summed E-state index contributed by atoms with van der Waals surface area (Å²) in [5.74, 6) is -1.35. The summed E-state index contributed by atoms with van der Waals surface area (Å²) in [4.78, 5) is 0. The smallest absolute Gasteiger partial charge is 0.134 e. The number of hydrogen-bond acceptors (Lipinski definition) is 1. The van der Waals surface area contributed by atoms with Gasteiger partial charge in [-0.3, -0.25) is 0 Å². The van der Waals surface area contributed by atoms with E-state index in [0.29, 0.717) is 22.5 Å². The molecule has 0 spiro atoms. The first kappa shape index (κ1) is 39.1. The van der Waals surface area contributed by atoms with E-state index < -0.39 is 11.6 Å². The summed E-state index contributed by atoms with van der Waals surface area (Å²) in [5.41, 5.74) is 9.48. The molecular formula is C53H53F2N3. The Hall–Kier alpha value is -5.73. The zero-order chi connectivity index (χ0) is 41.9. The van der Waals surface area contributed by atoms with Gasteiger partial charge in [-0.05, 0) is 117 Å². The molecule has 2 heterocycles. The van der Waals surface area contributed by atoms with Gasteiger partial charge in [-0.25, -0.2) is 8.78 Å². The largest absolute Gasteiger partial charge is 0.308 e. The number of halogens is 2. The fourth-order valence-electron chi connectivity index (χ4n) is 8.45. The van der Waals surface area contributed by atoms with Gasteiger partial charge < -0.3 is 9.13 Å². The highest BCUT2D eigenvalue weighted by Crippen LogP contribution is 2.46. The van der Waals surface area contributed by atoms with E-state index in [-0.39, 0.29) is 27.2 Å². The first-order chi connectivity index (χ1) is 27.1. The summed E-state index contributed by atoms with van der Waals surface area (Å²) < 4.78 is 37.5. The van der Waals surface area contributed by atoms with E-state index in [9.17, 15) is 5.26 Å². The van der Waals surface area contributed by atoms with Crippen LogP contribution in [0.3, 0.4) is 0 Å². The van der Waals surface area contributed by atoms with Crippen molar-refractivity contribution in [2.75, 3.05) is 0 Å². The van der Waals surface area contributed by atoms with Gasteiger partial charge in [0.05, 0.1) is 50.6 Å². The summed E-state index contributed by atoms with van der Waals surface area (Å²) >= 11 is 0. The van der Waals surface area contributed by atoms with E-state index >= 15 is 8.78 Å². The second-order valence-corrected chi connectivity index (χ2v) is 20.2. The molecule has 8 aromatic rings. The first-order valence-electron chi connectivity index (χ1n) is 20.3. The number of nitriles is 1. The van der Waals surface area contributed by atoms with Crippen molar-refractivity contribution in [3.8, 4) is 28.6 Å². The highest BCUT2D eigenvalue weighted by Gasteiger charge is 2.29. The maximum absolute atomic E-state index is 16.6. The molecular weight excluding hydrogens is 717 g/mol. The Labute approximate surface area is 341 Å². The second kappa shape index (κ2) is 13.1. The Morgan fingerprint density at radius 3 is 0.966 bits per heavy atom. The van der Waals surface area contributed by atoms with Gasteiger partial charge in [0.25, 0.3) is 0 Å². The molecule has 0 saturated carbocycles. The Kier molecular flexibility index (Phi) is 8.87. The lowest BCUT2D eigenvalue weighted by atomic mass is 9.85. The Morgan fingerprint density at radius 2 is 0.707 bits per heavy atom. The molecule has 2 aromatic heterocycles. The number of rotatable bonds is 3. The van der Waals surface area contributed by atoms with Gasteiger partial charge in [0, 0.05) is 27.1 Å². The number of nitrogens with zero attached hydrogens (tertiary/aromatic N) is 3. The van der Waals surface area contributed by atoms with Crippen LogP contribution in [0.2, 0.25) is 0 Å². The van der Waals surface area contributed by atoms with Gasteiger partial charge in [-0.1, -0.05) is 113 Å². The van der Waals surface area contributed by atoms with Crippen LogP contribution in [-0.4, -0.2) is 9.13 Å². The molecule has 8 rings (SSSR count). The molecule has 0 bridgehead atoms. The van der Waals surface area contributed by atoms with E-state index in [2.05, 4.69) is 171 Å². The summed E-state index contributed by atoms with van der Waals surface area (Å²) in [6.07, 6.45) is 0. The molecule has 294 valence electrons. The fourth-order valence-corrected chi connectivity index (χ4v) is 8.45. The van der Waals surface area contributed by atoms with Crippen LogP contribution < -0.4 is 0 Å². The van der Waals surface area contributed by atoms with Crippen molar-refractivity contribution in [3.05, 3.63) is 143 Å². The number of fused-ring (bicyclic) bond motifs is 6. The summed E-state index contributed by atoms with van der Waals surface area (Å²) in [6.45, 7) is 26.5. The van der Waals surface area contributed by atoms with Gasteiger partial charge in [0.2, 0.25) is 0 Å². The second-order valence-electron chi connectivity index (χ2n) is 20.2. The molecule has 0 unspecified atom stereocenters. The molecule has 0 fully saturated rings. The summed E-state index contributed by atoms with van der Waals surface area (Å²) in [7, 11) is 0. The first-order valence-corrected chi connectivity index (χ1v) is 20.3. The fraction of sp³-hybridized carbons (Fsp3) is 0.302. The van der Waals surface area contributed by atoms with Crippen molar-refractivity contribution in [2.45, 2.75) is 105 Å². The molecule has 3 nitrogen and oxygen atoms in total. The molecule has 6 aromatic carbocycles. The molecule has 0 atom stereocenters. The zero-order valence-corrected chi connectivity index (χ0v) is 35.9. The molecule has 0 aliphatic carbocycles. The molecule has 5 heteroatoms. The average Bonchev–Trinajstić information content (AvgIpc) is 3.64. The quantitative estimate of drug-likeness (QED) is 0.176. The standard InChI is InChI=1S/C53H53F2N3/c1-50(2,3)32-16-20-42-36(26-32)37-27-33(51(4,5)6)17-21-43(37)57(42)46-24-31(30-56)25-47(49(46)48-40(54)14-13-15-41(48)55)58-44-22-18-34(52(7,8)9)28-38(44)39-29-35(53(10,11)12)19-23-45(39)58/h13-29H,1-12H3. The van der Waals surface area contributed by atoms with Crippen molar-refractivity contribution in [1.29, 1.82) is 5.26 Å². The minimum Gasteiger partial charge on any atom is -0.308 e. The molecule has 0 saturated heterocycles. The van der Waals surface area contributed by atoms with Crippen LogP contribution in [-0.2, 0) is 21.7 Å². The monoisotopic (exact) mass is 769 g/mol. The lowest BCUT2D eigenvalue weighted by Gasteiger charge is -2.23. The average molecular weight is 770 g/mol. The zero-order valence-electron chi connectivity index (χ0n) is 35.9. The SMILES string of the molecule is CC(C)(C)c1ccc2c(c1)c1cc(C(C)(C)C)ccc1n2-c1cc(C#N)cc(-n2c3ccc(C(C)(C)C)cc3c3cc(C(C)(C)C)ccc32)c1-c1c(F)cccc1F. The molecule has 0 N–H and O–H groups in total. The molecule has 0 aliphatic rings. The van der Waals surface area contributed by atoms with Crippen LogP contribution in [0.1, 0.15) is 111 Å². The minimum atomic E-state index is -0.677. The van der Waals surface area contributed by atoms with Crippen LogP contribution in [0, 0.1) is 23.0 Å². The number of aromatic nitrogens is 2. The van der Waals surface area contributed by atoms with E-state index in [1.165, 1.54) is 40.5 Å². The highest BCUT2D eigenvalue weighted by molar-refractivity contribution is 6.12. The molecule has 0 amide bonds. The van der Waals surface area contributed by atoms with Gasteiger partial charge in [0.1, 0.15) is 11.6 Å². The lowest BCUT2D eigenvalue weighted by Crippen LogP contribution is -2.11. The van der Waals surface area contributed by atoms with Crippen LogP contribution in [0.4, 0.5) is 8.78 Å². The highest BCUT2D eigenvalue weighted by atomic mass is 19.1. The Bertz CT molecular complexity index is 2680. The van der Waals surface area contributed by atoms with E-state index in [4.69, 9.17) is 0 Å². The minimum absolute atomic E-state index is 0.115. The predicted molar refractivity (Wildman–Crippen MR) is 240 cm³/mol. The van der Waals surface area contributed by atoms with Crippen molar-refractivity contribution in [2.24, 2.45) is 0 Å². The molecule has 0 aliphatic heterocycles. The Balaban J connectivity index is 1.60. The van der Waals surface area contributed by atoms with Crippen LogP contribution in [0.15, 0.2) is 103 Å². The van der Waals surface area contributed by atoms with Gasteiger partial charge >= 0.3 is 0 Å². The molecule has 0 radical (unpaired) electrons. The van der Waals surface area contributed by atoms with E-state index in [0.717, 1.165) is 43.6 Å². The maximum atomic E-state index is 16.6. The predicted octanol–water partition coefficient (Wildman–Crippen LogP) is 14.9. The normalized spacial score (nSPS) is 13.0. The van der Waals surface area contributed by atoms with Crippen LogP contribution in [0.5, 0.6) is 0 Å². The van der Waals surface area contributed by atoms with Crippen LogP contribution in [0.25, 0.3) is 66.1 Å². The third kappa shape index (κ3) is 6.38. The third-order valence-electron chi connectivity index (χ3n) is 11.9. The van der Waals surface area contributed by atoms with Crippen molar-refractivity contribution >= 4 is 43.6 Å². The van der Waals surface area contributed by atoms with Gasteiger partial charge in [0.15, 0.2) is 0 Å². The maximum Gasteiger partial charge on any atom is 0.134 e. The van der Waals surface area contributed by atoms with Gasteiger partial charge in [-0.15, -0.1) is 0 Å². The van der Waals surface area contributed by atoms with Crippen molar-refractivity contribution in [3.63, 3.8) is 0 Å².